The van der Waals surface area contributed by atoms with Gasteiger partial charge in [0, 0.05) is 0 Å². The molecule has 0 radical (unpaired) electrons. The summed E-state index contributed by atoms with van der Waals surface area (Å²) in [7, 11) is 0. The topological polar surface area (TPSA) is 0 Å². The van der Waals surface area contributed by atoms with Gasteiger partial charge in [0.05, 0.1) is 0 Å². The SMILES string of the molecule is [CH2-]CCC(Cc1ccccc1)c1ccccc1.[Li+]. The van der Waals surface area contributed by atoms with E-state index < -0.39 is 0 Å². The van der Waals surface area contributed by atoms with Crippen molar-refractivity contribution in [3.63, 3.8) is 0 Å². The van der Waals surface area contributed by atoms with Crippen LogP contribution in [0.5, 0.6) is 0 Å². The summed E-state index contributed by atoms with van der Waals surface area (Å²) in [5.74, 6) is 0.594. The van der Waals surface area contributed by atoms with Gasteiger partial charge in [0.2, 0.25) is 0 Å². The molecule has 88 valence electrons. The van der Waals surface area contributed by atoms with E-state index in [4.69, 9.17) is 0 Å². The Morgan fingerprint density at radius 3 is 1.94 bits per heavy atom. The van der Waals surface area contributed by atoms with Gasteiger partial charge in [0.15, 0.2) is 0 Å². The quantitative estimate of drug-likeness (QED) is 0.541. The Labute approximate surface area is 123 Å². The van der Waals surface area contributed by atoms with Crippen LogP contribution in [-0.4, -0.2) is 0 Å². The summed E-state index contributed by atoms with van der Waals surface area (Å²) in [5.41, 5.74) is 2.84. The summed E-state index contributed by atoms with van der Waals surface area (Å²) in [5, 5.41) is 0. The van der Waals surface area contributed by atoms with Crippen LogP contribution in [0.3, 0.4) is 0 Å². The van der Waals surface area contributed by atoms with Gasteiger partial charge in [-0.3, -0.25) is 0 Å². The van der Waals surface area contributed by atoms with E-state index in [0.717, 1.165) is 19.3 Å². The van der Waals surface area contributed by atoms with Crippen LogP contribution in [-0.2, 0) is 6.42 Å². The summed E-state index contributed by atoms with van der Waals surface area (Å²) < 4.78 is 0. The average molecular weight is 230 g/mol. The molecule has 0 fully saturated rings. The smallest absolute Gasteiger partial charge is 0.343 e. The second-order valence-corrected chi connectivity index (χ2v) is 4.44. The van der Waals surface area contributed by atoms with Crippen LogP contribution in [0, 0.1) is 6.92 Å². The Balaban J connectivity index is 0.00000162. The van der Waals surface area contributed by atoms with Gasteiger partial charge in [-0.1, -0.05) is 67.1 Å². The van der Waals surface area contributed by atoms with Crippen molar-refractivity contribution >= 4 is 0 Å². The molecule has 0 saturated heterocycles. The minimum Gasteiger partial charge on any atom is -0.343 e. The third kappa shape index (κ3) is 4.37. The molecule has 1 unspecified atom stereocenters. The molecule has 0 heterocycles. The summed E-state index contributed by atoms with van der Waals surface area (Å²) in [4.78, 5) is 0. The Morgan fingerprint density at radius 1 is 0.833 bits per heavy atom. The van der Waals surface area contributed by atoms with E-state index in [1.165, 1.54) is 11.1 Å². The standard InChI is InChI=1S/C17H19.Li/c1-2-9-17(16-12-7-4-8-13-16)14-15-10-5-3-6-11-15;/h3-8,10-13,17H,1-2,9,14H2;/q-1;+1. The molecule has 0 N–H and O–H groups in total. The molecule has 0 amide bonds. The van der Waals surface area contributed by atoms with Gasteiger partial charge in [0.1, 0.15) is 0 Å². The monoisotopic (exact) mass is 230 g/mol. The Bertz CT molecular complexity index is 422. The van der Waals surface area contributed by atoms with Crippen LogP contribution in [0.2, 0.25) is 0 Å². The van der Waals surface area contributed by atoms with Crippen LogP contribution in [0.25, 0.3) is 0 Å². The molecule has 0 aromatic heterocycles. The second-order valence-electron chi connectivity index (χ2n) is 4.44. The molecule has 0 spiro atoms. The zero-order valence-corrected chi connectivity index (χ0v) is 11.2. The molecule has 2 rings (SSSR count). The maximum absolute atomic E-state index is 3.99. The van der Waals surface area contributed by atoms with Crippen LogP contribution in [0.1, 0.15) is 29.9 Å². The first-order valence-corrected chi connectivity index (χ1v) is 6.28. The van der Waals surface area contributed by atoms with Gasteiger partial charge in [-0.2, -0.15) is 6.42 Å². The largest absolute Gasteiger partial charge is 1.00 e. The minimum atomic E-state index is 0. The fourth-order valence-corrected chi connectivity index (χ4v) is 2.26. The molecule has 1 heteroatoms. The fraction of sp³-hybridized carbons (Fsp3) is 0.235. The molecular weight excluding hydrogens is 211 g/mol. The van der Waals surface area contributed by atoms with Crippen molar-refractivity contribution in [1.29, 1.82) is 0 Å². The molecule has 18 heavy (non-hydrogen) atoms. The molecule has 0 nitrogen and oxygen atoms in total. The first kappa shape index (κ1) is 15.1. The molecule has 0 bridgehead atoms. The first-order chi connectivity index (χ1) is 8.40. The number of rotatable bonds is 5. The molecule has 2 aromatic rings. The predicted molar refractivity (Wildman–Crippen MR) is 73.9 cm³/mol. The van der Waals surface area contributed by atoms with Gasteiger partial charge >= 0.3 is 18.9 Å². The predicted octanol–water partition coefficient (Wildman–Crippen LogP) is 1.63. The third-order valence-electron chi connectivity index (χ3n) is 3.15. The molecule has 0 aliphatic carbocycles. The van der Waals surface area contributed by atoms with Crippen molar-refractivity contribution in [2.45, 2.75) is 25.2 Å². The van der Waals surface area contributed by atoms with Crippen LogP contribution in [0.4, 0.5) is 0 Å². The average Bonchev–Trinajstić information content (AvgIpc) is 2.40. The van der Waals surface area contributed by atoms with Crippen LogP contribution < -0.4 is 18.9 Å². The molecule has 1 atom stereocenters. The van der Waals surface area contributed by atoms with Gasteiger partial charge in [-0.15, -0.1) is 0 Å². The molecular formula is C17H19Li. The number of benzene rings is 2. The number of hydrogen-bond acceptors (Lipinski definition) is 0. The van der Waals surface area contributed by atoms with Gasteiger partial charge in [-0.25, -0.2) is 0 Å². The molecule has 2 aromatic carbocycles. The summed E-state index contributed by atoms with van der Waals surface area (Å²) >= 11 is 0. The summed E-state index contributed by atoms with van der Waals surface area (Å²) in [6, 6.07) is 21.5. The van der Waals surface area contributed by atoms with Gasteiger partial charge in [-0.05, 0) is 23.5 Å². The normalized spacial score (nSPS) is 11.6. The Kier molecular flexibility index (Phi) is 6.87. The maximum atomic E-state index is 3.99. The van der Waals surface area contributed by atoms with Crippen molar-refractivity contribution in [1.82, 2.24) is 0 Å². The van der Waals surface area contributed by atoms with E-state index in [1.807, 2.05) is 0 Å². The van der Waals surface area contributed by atoms with Crippen molar-refractivity contribution in [2.24, 2.45) is 0 Å². The van der Waals surface area contributed by atoms with Crippen molar-refractivity contribution in [3.05, 3.63) is 78.7 Å². The van der Waals surface area contributed by atoms with E-state index in [2.05, 4.69) is 67.6 Å². The van der Waals surface area contributed by atoms with E-state index in [9.17, 15) is 0 Å². The van der Waals surface area contributed by atoms with Crippen molar-refractivity contribution < 1.29 is 18.9 Å². The molecule has 0 aliphatic rings. The van der Waals surface area contributed by atoms with Crippen molar-refractivity contribution in [2.75, 3.05) is 0 Å². The van der Waals surface area contributed by atoms with Crippen LogP contribution >= 0.6 is 0 Å². The van der Waals surface area contributed by atoms with Gasteiger partial charge < -0.3 is 6.92 Å². The Hall–Kier alpha value is -0.963. The van der Waals surface area contributed by atoms with E-state index in [-0.39, 0.29) is 18.9 Å². The van der Waals surface area contributed by atoms with Gasteiger partial charge in [0.25, 0.3) is 0 Å². The van der Waals surface area contributed by atoms with Crippen molar-refractivity contribution in [3.8, 4) is 0 Å². The minimum absolute atomic E-state index is 0. The zero-order chi connectivity index (χ0) is 11.9. The third-order valence-corrected chi connectivity index (χ3v) is 3.15. The molecule has 0 saturated carbocycles. The van der Waals surface area contributed by atoms with E-state index in [1.54, 1.807) is 0 Å². The second kappa shape index (κ2) is 8.19. The fourth-order valence-electron chi connectivity index (χ4n) is 2.26. The summed E-state index contributed by atoms with van der Waals surface area (Å²) in [6.45, 7) is 3.99. The van der Waals surface area contributed by atoms with E-state index >= 15 is 0 Å². The van der Waals surface area contributed by atoms with Crippen LogP contribution in [0.15, 0.2) is 60.7 Å². The number of hydrogen-bond donors (Lipinski definition) is 0. The zero-order valence-electron chi connectivity index (χ0n) is 11.2. The molecule has 0 aliphatic heterocycles. The Morgan fingerprint density at radius 2 is 1.39 bits per heavy atom. The maximum Gasteiger partial charge on any atom is 1.00 e. The summed E-state index contributed by atoms with van der Waals surface area (Å²) in [6.07, 6.45) is 3.26. The first-order valence-electron chi connectivity index (χ1n) is 6.28. The van der Waals surface area contributed by atoms with E-state index in [0.29, 0.717) is 5.92 Å².